The summed E-state index contributed by atoms with van der Waals surface area (Å²) in [5.74, 6) is 0. The van der Waals surface area contributed by atoms with Gasteiger partial charge in [0.05, 0.1) is 0 Å². The van der Waals surface area contributed by atoms with E-state index in [1.165, 1.54) is 0 Å². The van der Waals surface area contributed by atoms with Crippen LogP contribution in [0.2, 0.25) is 5.02 Å². The van der Waals surface area contributed by atoms with Crippen LogP contribution in [0.3, 0.4) is 0 Å². The van der Waals surface area contributed by atoms with E-state index in [1.54, 1.807) is 18.2 Å². The zero-order chi connectivity index (χ0) is 10.1. The second-order valence-corrected chi connectivity index (χ2v) is 3.47. The first-order valence-electron chi connectivity index (χ1n) is 4.23. The molecule has 0 bridgehead atoms. The van der Waals surface area contributed by atoms with E-state index in [4.69, 9.17) is 21.6 Å². The lowest BCUT2D eigenvalue weighted by atomic mass is 9.77. The molecule has 2 aromatic carbocycles. The van der Waals surface area contributed by atoms with Gasteiger partial charge in [-0.1, -0.05) is 41.9 Å². The van der Waals surface area contributed by atoms with Crippen LogP contribution in [0.5, 0.6) is 0 Å². The Hall–Kier alpha value is -1.03. The summed E-state index contributed by atoms with van der Waals surface area (Å²) in [7, 11) is -1.49. The minimum atomic E-state index is -1.49. The number of benzene rings is 2. The molecule has 0 aliphatic carbocycles. The predicted octanol–water partition coefficient (Wildman–Crippen LogP) is 1.17. The van der Waals surface area contributed by atoms with E-state index in [2.05, 4.69) is 0 Å². The molecule has 0 amide bonds. The van der Waals surface area contributed by atoms with Crippen LogP contribution in [0.1, 0.15) is 0 Å². The third-order valence-corrected chi connectivity index (χ3v) is 2.48. The van der Waals surface area contributed by atoms with Crippen LogP contribution in [0.15, 0.2) is 36.4 Å². The Morgan fingerprint density at radius 1 is 1.00 bits per heavy atom. The fourth-order valence-electron chi connectivity index (χ4n) is 1.54. The molecule has 0 heterocycles. The van der Waals surface area contributed by atoms with Crippen molar-refractivity contribution in [2.24, 2.45) is 0 Å². The van der Waals surface area contributed by atoms with Crippen LogP contribution in [0.25, 0.3) is 10.8 Å². The summed E-state index contributed by atoms with van der Waals surface area (Å²) in [6.45, 7) is 0. The Labute approximate surface area is 86.9 Å². The third kappa shape index (κ3) is 1.50. The number of rotatable bonds is 1. The number of hydrogen-bond donors (Lipinski definition) is 2. The molecular weight excluding hydrogens is 198 g/mol. The molecule has 0 radical (unpaired) electrons. The van der Waals surface area contributed by atoms with Crippen molar-refractivity contribution in [3.05, 3.63) is 41.4 Å². The van der Waals surface area contributed by atoms with Gasteiger partial charge in [-0.15, -0.1) is 0 Å². The molecule has 0 saturated carbocycles. The molecule has 0 aliphatic rings. The molecule has 2 aromatic rings. The van der Waals surface area contributed by atoms with E-state index in [0.29, 0.717) is 15.9 Å². The van der Waals surface area contributed by atoms with Crippen molar-refractivity contribution in [3.63, 3.8) is 0 Å². The number of halogens is 1. The van der Waals surface area contributed by atoms with Crippen LogP contribution in [0.4, 0.5) is 0 Å². The van der Waals surface area contributed by atoms with E-state index in [1.807, 2.05) is 18.2 Å². The van der Waals surface area contributed by atoms with Gasteiger partial charge in [-0.25, -0.2) is 0 Å². The van der Waals surface area contributed by atoms with E-state index < -0.39 is 7.12 Å². The molecule has 0 aliphatic heterocycles. The van der Waals surface area contributed by atoms with Gasteiger partial charge in [-0.2, -0.15) is 0 Å². The van der Waals surface area contributed by atoms with E-state index >= 15 is 0 Å². The van der Waals surface area contributed by atoms with Gasteiger partial charge >= 0.3 is 7.12 Å². The molecule has 70 valence electrons. The Bertz CT molecular complexity index is 465. The number of hydrogen-bond acceptors (Lipinski definition) is 2. The summed E-state index contributed by atoms with van der Waals surface area (Å²) in [6.07, 6.45) is 0. The maximum atomic E-state index is 9.14. The lowest BCUT2D eigenvalue weighted by Crippen LogP contribution is -2.30. The Balaban J connectivity index is 2.84. The third-order valence-electron chi connectivity index (χ3n) is 2.16. The summed E-state index contributed by atoms with van der Waals surface area (Å²) >= 11 is 5.98. The SMILES string of the molecule is OB(O)c1cccc2cccc(Cl)c12. The van der Waals surface area contributed by atoms with Crippen molar-refractivity contribution in [1.82, 2.24) is 0 Å². The van der Waals surface area contributed by atoms with Gasteiger partial charge < -0.3 is 10.0 Å². The molecule has 4 heteroatoms. The molecular formula is C10H8BClO2. The van der Waals surface area contributed by atoms with Crippen molar-refractivity contribution < 1.29 is 10.0 Å². The molecule has 0 unspecified atom stereocenters. The average Bonchev–Trinajstić information content (AvgIpc) is 2.17. The number of fused-ring (bicyclic) bond motifs is 1. The lowest BCUT2D eigenvalue weighted by Gasteiger charge is -2.06. The van der Waals surface area contributed by atoms with Crippen LogP contribution in [0, 0.1) is 0 Å². The maximum absolute atomic E-state index is 9.14. The fraction of sp³-hybridized carbons (Fsp3) is 0. The lowest BCUT2D eigenvalue weighted by molar-refractivity contribution is 0.426. The van der Waals surface area contributed by atoms with Crippen LogP contribution in [-0.2, 0) is 0 Å². The highest BCUT2D eigenvalue weighted by atomic mass is 35.5. The van der Waals surface area contributed by atoms with Crippen molar-refractivity contribution in [2.45, 2.75) is 0 Å². The van der Waals surface area contributed by atoms with Gasteiger partial charge in [0, 0.05) is 10.4 Å². The van der Waals surface area contributed by atoms with Crippen molar-refractivity contribution in [2.75, 3.05) is 0 Å². The van der Waals surface area contributed by atoms with Crippen LogP contribution in [-0.4, -0.2) is 17.2 Å². The van der Waals surface area contributed by atoms with Gasteiger partial charge in [0.15, 0.2) is 0 Å². The second kappa shape index (κ2) is 3.61. The summed E-state index contributed by atoms with van der Waals surface area (Å²) in [5.41, 5.74) is 0.438. The van der Waals surface area contributed by atoms with Gasteiger partial charge in [0.2, 0.25) is 0 Å². The quantitative estimate of drug-likeness (QED) is 0.688. The molecule has 0 saturated heterocycles. The first kappa shape index (κ1) is 9.53. The molecule has 2 N–H and O–H groups in total. The predicted molar refractivity (Wildman–Crippen MR) is 58.8 cm³/mol. The maximum Gasteiger partial charge on any atom is 0.489 e. The summed E-state index contributed by atoms with van der Waals surface area (Å²) in [6, 6.07) is 10.8. The van der Waals surface area contributed by atoms with E-state index in [9.17, 15) is 0 Å². The van der Waals surface area contributed by atoms with E-state index in [-0.39, 0.29) is 0 Å². The summed E-state index contributed by atoms with van der Waals surface area (Å²) in [5, 5.41) is 20.4. The van der Waals surface area contributed by atoms with Crippen LogP contribution >= 0.6 is 11.6 Å². The highest BCUT2D eigenvalue weighted by molar-refractivity contribution is 6.63. The monoisotopic (exact) mass is 206 g/mol. The Kier molecular flexibility index (Phi) is 2.46. The first-order chi connectivity index (χ1) is 6.70. The fourth-order valence-corrected chi connectivity index (χ4v) is 1.83. The minimum Gasteiger partial charge on any atom is -0.423 e. The van der Waals surface area contributed by atoms with Crippen molar-refractivity contribution in [3.8, 4) is 0 Å². The topological polar surface area (TPSA) is 40.5 Å². The van der Waals surface area contributed by atoms with Gasteiger partial charge in [-0.3, -0.25) is 0 Å². The molecule has 0 fully saturated rings. The Morgan fingerprint density at radius 3 is 2.29 bits per heavy atom. The highest BCUT2D eigenvalue weighted by Gasteiger charge is 2.15. The minimum absolute atomic E-state index is 0.438. The van der Waals surface area contributed by atoms with Crippen molar-refractivity contribution >= 4 is 35.0 Å². The summed E-state index contributed by atoms with van der Waals surface area (Å²) in [4.78, 5) is 0. The normalized spacial score (nSPS) is 10.5. The average molecular weight is 206 g/mol. The first-order valence-corrected chi connectivity index (χ1v) is 4.61. The van der Waals surface area contributed by atoms with Crippen LogP contribution < -0.4 is 5.46 Å². The molecule has 0 spiro atoms. The molecule has 2 rings (SSSR count). The molecule has 14 heavy (non-hydrogen) atoms. The Morgan fingerprint density at radius 2 is 1.64 bits per heavy atom. The van der Waals surface area contributed by atoms with Gasteiger partial charge in [0.1, 0.15) is 0 Å². The smallest absolute Gasteiger partial charge is 0.423 e. The zero-order valence-electron chi connectivity index (χ0n) is 7.31. The molecule has 0 aromatic heterocycles. The second-order valence-electron chi connectivity index (χ2n) is 3.06. The molecule has 0 atom stereocenters. The van der Waals surface area contributed by atoms with Crippen molar-refractivity contribution in [1.29, 1.82) is 0 Å². The largest absolute Gasteiger partial charge is 0.489 e. The standard InChI is InChI=1S/C10H8BClO2/c12-9-6-2-4-7-3-1-5-8(10(7)9)11(13)14/h1-6,13-14H. The van der Waals surface area contributed by atoms with E-state index in [0.717, 1.165) is 5.39 Å². The molecule has 2 nitrogen and oxygen atoms in total. The summed E-state index contributed by atoms with van der Waals surface area (Å²) < 4.78 is 0. The van der Waals surface area contributed by atoms with Gasteiger partial charge in [0.25, 0.3) is 0 Å². The zero-order valence-corrected chi connectivity index (χ0v) is 8.07. The highest BCUT2D eigenvalue weighted by Crippen LogP contribution is 2.21. The van der Waals surface area contributed by atoms with Gasteiger partial charge in [-0.05, 0) is 16.9 Å².